The van der Waals surface area contributed by atoms with Gasteiger partial charge in [-0.2, -0.15) is 0 Å². The lowest BCUT2D eigenvalue weighted by Gasteiger charge is -2.15. The van der Waals surface area contributed by atoms with Gasteiger partial charge in [0.05, 0.1) is 24.9 Å². The fourth-order valence-corrected chi connectivity index (χ4v) is 2.95. The van der Waals surface area contributed by atoms with E-state index in [2.05, 4.69) is 21.2 Å². The van der Waals surface area contributed by atoms with Gasteiger partial charge in [-0.1, -0.05) is 23.7 Å². The Morgan fingerprint density at radius 3 is 2.62 bits per heavy atom. The Kier molecular flexibility index (Phi) is 5.31. The van der Waals surface area contributed by atoms with Crippen molar-refractivity contribution in [2.75, 3.05) is 19.5 Å². The van der Waals surface area contributed by atoms with Gasteiger partial charge in [0.2, 0.25) is 0 Å². The van der Waals surface area contributed by atoms with Gasteiger partial charge in [-0.25, -0.2) is 4.39 Å². The maximum absolute atomic E-state index is 13.2. The Hall–Kier alpha value is -1.46. The van der Waals surface area contributed by atoms with Crippen molar-refractivity contribution in [1.82, 2.24) is 0 Å². The molecule has 0 bridgehead atoms. The number of halogens is 3. The maximum atomic E-state index is 13.2. The van der Waals surface area contributed by atoms with Crippen LogP contribution in [-0.4, -0.2) is 14.2 Å². The summed E-state index contributed by atoms with van der Waals surface area (Å²) in [4.78, 5) is 0. The van der Waals surface area contributed by atoms with E-state index in [9.17, 15) is 4.39 Å². The van der Waals surface area contributed by atoms with Crippen LogP contribution in [0.4, 0.5) is 10.1 Å². The van der Waals surface area contributed by atoms with E-state index in [1.54, 1.807) is 14.2 Å². The van der Waals surface area contributed by atoms with Gasteiger partial charge in [0.25, 0.3) is 0 Å². The third-order valence-electron chi connectivity index (χ3n) is 2.95. The summed E-state index contributed by atoms with van der Waals surface area (Å²) in [6, 6.07) is 8.23. The molecule has 0 aromatic heterocycles. The van der Waals surface area contributed by atoms with E-state index in [1.807, 2.05) is 18.2 Å². The molecule has 21 heavy (non-hydrogen) atoms. The summed E-state index contributed by atoms with van der Waals surface area (Å²) >= 11 is 9.34. The summed E-state index contributed by atoms with van der Waals surface area (Å²) < 4.78 is 24.4. The van der Waals surface area contributed by atoms with Crippen LogP contribution in [0.2, 0.25) is 5.02 Å². The number of rotatable bonds is 5. The summed E-state index contributed by atoms with van der Waals surface area (Å²) in [6.07, 6.45) is 0. The van der Waals surface area contributed by atoms with Crippen molar-refractivity contribution < 1.29 is 13.9 Å². The lowest BCUT2D eigenvalue weighted by molar-refractivity contribution is 0.352. The van der Waals surface area contributed by atoms with Crippen LogP contribution in [0.15, 0.2) is 34.8 Å². The van der Waals surface area contributed by atoms with Gasteiger partial charge < -0.3 is 14.8 Å². The van der Waals surface area contributed by atoms with Gasteiger partial charge >= 0.3 is 0 Å². The molecule has 112 valence electrons. The van der Waals surface area contributed by atoms with Gasteiger partial charge in [-0.15, -0.1) is 0 Å². The first kappa shape index (κ1) is 15.9. The van der Waals surface area contributed by atoms with Crippen LogP contribution in [-0.2, 0) is 6.54 Å². The summed E-state index contributed by atoms with van der Waals surface area (Å²) in [7, 11) is 3.17. The van der Waals surface area contributed by atoms with E-state index in [0.717, 1.165) is 5.56 Å². The van der Waals surface area contributed by atoms with Crippen LogP contribution in [0.3, 0.4) is 0 Å². The van der Waals surface area contributed by atoms with Crippen LogP contribution in [0.1, 0.15) is 5.56 Å². The highest BCUT2D eigenvalue weighted by Crippen LogP contribution is 2.34. The molecule has 2 aromatic rings. The minimum atomic E-state index is -0.392. The Morgan fingerprint density at radius 2 is 2.00 bits per heavy atom. The SMILES string of the molecule is COc1cccc(CNc2c(Cl)cc(F)cc2Br)c1OC. The minimum Gasteiger partial charge on any atom is -0.493 e. The minimum absolute atomic E-state index is 0.309. The molecule has 2 aromatic carbocycles. The topological polar surface area (TPSA) is 30.5 Å². The molecular formula is C15H14BrClFNO2. The highest BCUT2D eigenvalue weighted by molar-refractivity contribution is 9.10. The number of methoxy groups -OCH3 is 2. The zero-order chi connectivity index (χ0) is 15.4. The molecule has 3 nitrogen and oxygen atoms in total. The fraction of sp³-hybridized carbons (Fsp3) is 0.200. The number of hydrogen-bond acceptors (Lipinski definition) is 3. The molecule has 0 aliphatic carbocycles. The monoisotopic (exact) mass is 373 g/mol. The normalized spacial score (nSPS) is 10.3. The first-order valence-corrected chi connectivity index (χ1v) is 7.32. The smallest absolute Gasteiger partial charge is 0.165 e. The number of benzene rings is 2. The lowest BCUT2D eigenvalue weighted by Crippen LogP contribution is -2.04. The lowest BCUT2D eigenvalue weighted by atomic mass is 10.1. The van der Waals surface area contributed by atoms with Crippen molar-refractivity contribution in [2.45, 2.75) is 6.54 Å². The van der Waals surface area contributed by atoms with Gasteiger partial charge in [0.15, 0.2) is 11.5 Å². The largest absolute Gasteiger partial charge is 0.493 e. The fourth-order valence-electron chi connectivity index (χ4n) is 1.99. The third kappa shape index (κ3) is 3.60. The van der Waals surface area contributed by atoms with Gasteiger partial charge in [0, 0.05) is 16.6 Å². The van der Waals surface area contributed by atoms with Crippen LogP contribution in [0.25, 0.3) is 0 Å². The third-order valence-corrected chi connectivity index (χ3v) is 3.87. The Labute approximate surface area is 136 Å². The molecule has 0 saturated carbocycles. The summed E-state index contributed by atoms with van der Waals surface area (Å²) in [5.74, 6) is 0.916. The predicted octanol–water partition coefficient (Wildman–Crippen LogP) is 4.87. The number of anilines is 1. The molecule has 6 heteroatoms. The molecular weight excluding hydrogens is 361 g/mol. The molecule has 2 rings (SSSR count). The molecule has 0 heterocycles. The van der Waals surface area contributed by atoms with Gasteiger partial charge in [-0.05, 0) is 34.1 Å². The van der Waals surface area contributed by atoms with Crippen LogP contribution < -0.4 is 14.8 Å². The number of nitrogens with one attached hydrogen (secondary N) is 1. The highest BCUT2D eigenvalue weighted by atomic mass is 79.9. The Bertz CT molecular complexity index is 629. The average Bonchev–Trinajstić information content (AvgIpc) is 2.45. The van der Waals surface area contributed by atoms with Crippen molar-refractivity contribution in [3.8, 4) is 11.5 Å². The second-order valence-electron chi connectivity index (χ2n) is 4.25. The van der Waals surface area contributed by atoms with E-state index in [4.69, 9.17) is 21.1 Å². The van der Waals surface area contributed by atoms with E-state index in [-0.39, 0.29) is 0 Å². The van der Waals surface area contributed by atoms with E-state index >= 15 is 0 Å². The van der Waals surface area contributed by atoms with Gasteiger partial charge in [0.1, 0.15) is 5.82 Å². The number of para-hydroxylation sites is 1. The molecule has 0 aliphatic rings. The molecule has 0 saturated heterocycles. The quantitative estimate of drug-likeness (QED) is 0.810. The number of ether oxygens (including phenoxy) is 2. The summed E-state index contributed by atoms with van der Waals surface area (Å²) in [6.45, 7) is 0.463. The first-order chi connectivity index (χ1) is 10.1. The number of hydrogen-bond donors (Lipinski definition) is 1. The molecule has 0 amide bonds. The van der Waals surface area contributed by atoms with E-state index in [1.165, 1.54) is 12.1 Å². The standard InChI is InChI=1S/C15H14BrClFNO2/c1-20-13-5-3-4-9(15(13)21-2)8-19-14-11(16)6-10(18)7-12(14)17/h3-7,19H,8H2,1-2H3. The summed E-state index contributed by atoms with van der Waals surface area (Å²) in [5, 5.41) is 3.48. The highest BCUT2D eigenvalue weighted by Gasteiger charge is 2.12. The van der Waals surface area contributed by atoms with E-state index < -0.39 is 5.82 Å². The zero-order valence-corrected chi connectivity index (χ0v) is 13.9. The van der Waals surface area contributed by atoms with Crippen LogP contribution >= 0.6 is 27.5 Å². The zero-order valence-electron chi connectivity index (χ0n) is 11.5. The summed E-state index contributed by atoms with van der Waals surface area (Å²) in [5.41, 5.74) is 1.53. The van der Waals surface area contributed by atoms with Crippen molar-refractivity contribution in [1.29, 1.82) is 0 Å². The van der Waals surface area contributed by atoms with Crippen LogP contribution in [0.5, 0.6) is 11.5 Å². The van der Waals surface area contributed by atoms with Gasteiger partial charge in [-0.3, -0.25) is 0 Å². The van der Waals surface area contributed by atoms with Crippen molar-refractivity contribution in [2.24, 2.45) is 0 Å². The van der Waals surface area contributed by atoms with Crippen molar-refractivity contribution >= 4 is 33.2 Å². The average molecular weight is 375 g/mol. The van der Waals surface area contributed by atoms with Crippen molar-refractivity contribution in [3.63, 3.8) is 0 Å². The predicted molar refractivity (Wildman–Crippen MR) is 86.0 cm³/mol. The molecule has 0 aliphatic heterocycles. The van der Waals surface area contributed by atoms with Crippen molar-refractivity contribution in [3.05, 3.63) is 51.2 Å². The van der Waals surface area contributed by atoms with Crippen LogP contribution in [0, 0.1) is 5.82 Å². The maximum Gasteiger partial charge on any atom is 0.165 e. The molecule has 0 radical (unpaired) electrons. The molecule has 1 N–H and O–H groups in total. The molecule has 0 unspecified atom stereocenters. The van der Waals surface area contributed by atoms with E-state index in [0.29, 0.717) is 33.2 Å². The molecule has 0 spiro atoms. The molecule has 0 atom stereocenters. The second kappa shape index (κ2) is 7.00. The second-order valence-corrected chi connectivity index (χ2v) is 5.51. The molecule has 0 fully saturated rings. The first-order valence-electron chi connectivity index (χ1n) is 6.15. The Balaban J connectivity index is 2.25. The Morgan fingerprint density at radius 1 is 1.24 bits per heavy atom.